The van der Waals surface area contributed by atoms with Gasteiger partial charge in [-0.1, -0.05) is 6.07 Å². The first kappa shape index (κ1) is 14.8. The van der Waals surface area contributed by atoms with Gasteiger partial charge in [0.05, 0.1) is 23.6 Å². The van der Waals surface area contributed by atoms with E-state index in [-0.39, 0.29) is 5.91 Å². The standard InChI is InChI=1S/C16H20N4O/c1-11-5-4-6-13(19-11)10-18-15-8-7-12(9-14(15)17)16(21)20(2)3/h4-9,18H,10,17H2,1-3H3. The number of hydrogen-bond donors (Lipinski definition) is 2. The third-order valence-electron chi connectivity index (χ3n) is 3.11. The molecule has 0 fully saturated rings. The van der Waals surface area contributed by atoms with Crippen LogP contribution in [-0.2, 0) is 6.54 Å². The summed E-state index contributed by atoms with van der Waals surface area (Å²) in [5.74, 6) is -0.0615. The van der Waals surface area contributed by atoms with Gasteiger partial charge in [-0.3, -0.25) is 9.78 Å². The van der Waals surface area contributed by atoms with E-state index < -0.39 is 0 Å². The number of nitrogen functional groups attached to an aromatic ring is 1. The highest BCUT2D eigenvalue weighted by Crippen LogP contribution is 2.21. The summed E-state index contributed by atoms with van der Waals surface area (Å²) >= 11 is 0. The summed E-state index contributed by atoms with van der Waals surface area (Å²) in [5.41, 5.74) is 9.86. The molecule has 0 aliphatic heterocycles. The number of benzene rings is 1. The number of nitrogens with one attached hydrogen (secondary N) is 1. The number of carbonyl (C=O) groups excluding carboxylic acids is 1. The molecule has 0 spiro atoms. The van der Waals surface area contributed by atoms with Crippen LogP contribution in [0.15, 0.2) is 36.4 Å². The van der Waals surface area contributed by atoms with Gasteiger partial charge >= 0.3 is 0 Å². The lowest BCUT2D eigenvalue weighted by Gasteiger charge is -2.13. The van der Waals surface area contributed by atoms with Crippen LogP contribution in [0, 0.1) is 6.92 Å². The van der Waals surface area contributed by atoms with Crippen LogP contribution < -0.4 is 11.1 Å². The van der Waals surface area contributed by atoms with Crippen LogP contribution in [0.5, 0.6) is 0 Å². The van der Waals surface area contributed by atoms with E-state index in [2.05, 4.69) is 10.3 Å². The lowest BCUT2D eigenvalue weighted by molar-refractivity contribution is 0.0827. The number of amides is 1. The minimum atomic E-state index is -0.0615. The molecule has 2 aromatic rings. The largest absolute Gasteiger partial charge is 0.397 e. The molecule has 110 valence electrons. The fraction of sp³-hybridized carbons (Fsp3) is 0.250. The first-order valence-corrected chi connectivity index (χ1v) is 6.75. The summed E-state index contributed by atoms with van der Waals surface area (Å²) in [6.07, 6.45) is 0. The second-order valence-corrected chi connectivity index (χ2v) is 5.13. The summed E-state index contributed by atoms with van der Waals surface area (Å²) in [5, 5.41) is 3.24. The van der Waals surface area contributed by atoms with Gasteiger partial charge in [-0.15, -0.1) is 0 Å². The number of carbonyl (C=O) groups is 1. The molecule has 0 aliphatic rings. The van der Waals surface area contributed by atoms with Crippen LogP contribution in [-0.4, -0.2) is 29.9 Å². The third-order valence-corrected chi connectivity index (χ3v) is 3.11. The number of nitrogens with zero attached hydrogens (tertiary/aromatic N) is 2. The van der Waals surface area contributed by atoms with Gasteiger partial charge in [0, 0.05) is 25.4 Å². The van der Waals surface area contributed by atoms with E-state index in [1.165, 1.54) is 4.90 Å². The van der Waals surface area contributed by atoms with Crippen LogP contribution in [0.2, 0.25) is 0 Å². The van der Waals surface area contributed by atoms with Crippen molar-refractivity contribution in [3.63, 3.8) is 0 Å². The van der Waals surface area contributed by atoms with E-state index in [1.807, 2.05) is 31.2 Å². The molecule has 0 atom stereocenters. The molecule has 1 aromatic heterocycles. The van der Waals surface area contributed by atoms with Crippen molar-refractivity contribution in [2.45, 2.75) is 13.5 Å². The monoisotopic (exact) mass is 284 g/mol. The van der Waals surface area contributed by atoms with Crippen molar-refractivity contribution in [3.8, 4) is 0 Å². The predicted molar refractivity (Wildman–Crippen MR) is 85.2 cm³/mol. The molecule has 0 saturated heterocycles. The quantitative estimate of drug-likeness (QED) is 0.845. The fourth-order valence-electron chi connectivity index (χ4n) is 2.00. The SMILES string of the molecule is Cc1cccc(CNc2ccc(C(=O)N(C)C)cc2N)n1. The second-order valence-electron chi connectivity index (χ2n) is 5.13. The molecule has 1 heterocycles. The fourth-order valence-corrected chi connectivity index (χ4v) is 2.00. The van der Waals surface area contributed by atoms with Gasteiger partial charge in [0.25, 0.3) is 5.91 Å². The van der Waals surface area contributed by atoms with E-state index >= 15 is 0 Å². The van der Waals surface area contributed by atoms with Gasteiger partial charge in [-0.2, -0.15) is 0 Å². The van der Waals surface area contributed by atoms with Crippen molar-refractivity contribution < 1.29 is 4.79 Å². The molecular formula is C16H20N4O. The van der Waals surface area contributed by atoms with Crippen LogP contribution in [0.4, 0.5) is 11.4 Å². The molecule has 3 N–H and O–H groups in total. The van der Waals surface area contributed by atoms with E-state index in [0.29, 0.717) is 17.8 Å². The Hall–Kier alpha value is -2.56. The molecule has 0 radical (unpaired) electrons. The zero-order chi connectivity index (χ0) is 15.4. The number of nitrogens with two attached hydrogens (primary N) is 1. The van der Waals surface area contributed by atoms with Crippen molar-refractivity contribution in [1.82, 2.24) is 9.88 Å². The van der Waals surface area contributed by atoms with E-state index in [0.717, 1.165) is 17.1 Å². The topological polar surface area (TPSA) is 71.2 Å². The van der Waals surface area contributed by atoms with Gasteiger partial charge in [-0.05, 0) is 37.3 Å². The first-order chi connectivity index (χ1) is 9.97. The van der Waals surface area contributed by atoms with Gasteiger partial charge < -0.3 is 16.0 Å². The Kier molecular flexibility index (Phi) is 4.42. The average molecular weight is 284 g/mol. The van der Waals surface area contributed by atoms with E-state index in [9.17, 15) is 4.79 Å². The Labute approximate surface area is 124 Å². The lowest BCUT2D eigenvalue weighted by Crippen LogP contribution is -2.21. The molecule has 21 heavy (non-hydrogen) atoms. The number of aromatic nitrogens is 1. The van der Waals surface area contributed by atoms with Gasteiger partial charge in [-0.25, -0.2) is 0 Å². The molecule has 5 heteroatoms. The van der Waals surface area contributed by atoms with Crippen LogP contribution in [0.25, 0.3) is 0 Å². The summed E-state index contributed by atoms with van der Waals surface area (Å²) in [6.45, 7) is 2.55. The number of aryl methyl sites for hydroxylation is 1. The first-order valence-electron chi connectivity index (χ1n) is 6.75. The van der Waals surface area contributed by atoms with Crippen molar-refractivity contribution in [1.29, 1.82) is 0 Å². The average Bonchev–Trinajstić information content (AvgIpc) is 2.45. The lowest BCUT2D eigenvalue weighted by atomic mass is 10.1. The zero-order valence-corrected chi connectivity index (χ0v) is 12.6. The Morgan fingerprint density at radius 1 is 1.29 bits per heavy atom. The highest BCUT2D eigenvalue weighted by molar-refractivity contribution is 5.95. The Morgan fingerprint density at radius 2 is 2.05 bits per heavy atom. The van der Waals surface area contributed by atoms with E-state index in [1.54, 1.807) is 26.2 Å². The van der Waals surface area contributed by atoms with Gasteiger partial charge in [0.1, 0.15) is 0 Å². The maximum absolute atomic E-state index is 11.9. The number of pyridine rings is 1. The van der Waals surface area contributed by atoms with Crippen molar-refractivity contribution in [2.75, 3.05) is 25.1 Å². The number of anilines is 2. The molecule has 0 unspecified atom stereocenters. The molecular weight excluding hydrogens is 264 g/mol. The van der Waals surface area contributed by atoms with E-state index in [4.69, 9.17) is 5.73 Å². The molecule has 0 bridgehead atoms. The smallest absolute Gasteiger partial charge is 0.253 e. The number of rotatable bonds is 4. The van der Waals surface area contributed by atoms with Crippen molar-refractivity contribution in [3.05, 3.63) is 53.3 Å². The maximum Gasteiger partial charge on any atom is 0.253 e. The third kappa shape index (κ3) is 3.72. The minimum Gasteiger partial charge on any atom is -0.397 e. The molecule has 0 saturated carbocycles. The Balaban J connectivity index is 2.09. The summed E-state index contributed by atoms with van der Waals surface area (Å²) < 4.78 is 0. The van der Waals surface area contributed by atoms with Crippen molar-refractivity contribution in [2.24, 2.45) is 0 Å². The Bertz CT molecular complexity index is 652. The maximum atomic E-state index is 11.9. The summed E-state index contributed by atoms with van der Waals surface area (Å²) in [7, 11) is 3.43. The van der Waals surface area contributed by atoms with Crippen LogP contribution >= 0.6 is 0 Å². The second kappa shape index (κ2) is 6.26. The zero-order valence-electron chi connectivity index (χ0n) is 12.6. The summed E-state index contributed by atoms with van der Waals surface area (Å²) in [4.78, 5) is 17.8. The molecule has 0 aliphatic carbocycles. The van der Waals surface area contributed by atoms with Gasteiger partial charge in [0.15, 0.2) is 0 Å². The highest BCUT2D eigenvalue weighted by atomic mass is 16.2. The van der Waals surface area contributed by atoms with Gasteiger partial charge in [0.2, 0.25) is 0 Å². The van der Waals surface area contributed by atoms with Crippen LogP contribution in [0.3, 0.4) is 0 Å². The summed E-state index contributed by atoms with van der Waals surface area (Å²) in [6, 6.07) is 11.2. The molecule has 1 amide bonds. The Morgan fingerprint density at radius 3 is 2.67 bits per heavy atom. The molecule has 5 nitrogen and oxygen atoms in total. The predicted octanol–water partition coefficient (Wildman–Crippen LogP) is 2.29. The highest BCUT2D eigenvalue weighted by Gasteiger charge is 2.09. The normalized spacial score (nSPS) is 10.2. The minimum absolute atomic E-state index is 0.0615. The van der Waals surface area contributed by atoms with Crippen molar-refractivity contribution >= 4 is 17.3 Å². The molecule has 2 rings (SSSR count). The van der Waals surface area contributed by atoms with Crippen LogP contribution in [0.1, 0.15) is 21.7 Å². The molecule has 1 aromatic carbocycles. The number of hydrogen-bond acceptors (Lipinski definition) is 4.